The molecule has 1 N–H and O–H groups in total. The van der Waals surface area contributed by atoms with Crippen LogP contribution >= 0.6 is 15.9 Å². The number of anilines is 2. The van der Waals surface area contributed by atoms with Gasteiger partial charge in [-0.15, -0.1) is 0 Å². The van der Waals surface area contributed by atoms with E-state index < -0.39 is 0 Å². The lowest BCUT2D eigenvalue weighted by molar-refractivity contribution is -0.117. The summed E-state index contributed by atoms with van der Waals surface area (Å²) in [5.41, 5.74) is 2.60. The number of alkyl halides is 1. The van der Waals surface area contributed by atoms with Gasteiger partial charge in [0.15, 0.2) is 0 Å². The van der Waals surface area contributed by atoms with Gasteiger partial charge in [-0.3, -0.25) is 9.59 Å². The molecule has 1 heterocycles. The molecule has 0 saturated carbocycles. The molecular weight excluding hydrogens is 308 g/mol. The van der Waals surface area contributed by atoms with E-state index >= 15 is 0 Å². The molecule has 1 aromatic rings. The third kappa shape index (κ3) is 3.15. The van der Waals surface area contributed by atoms with E-state index in [0.29, 0.717) is 12.3 Å². The minimum absolute atomic E-state index is 0.105. The maximum absolute atomic E-state index is 12.0. The second-order valence-corrected chi connectivity index (χ2v) is 5.56. The van der Waals surface area contributed by atoms with Crippen molar-refractivity contribution >= 4 is 39.1 Å². The van der Waals surface area contributed by atoms with Crippen LogP contribution < -0.4 is 10.2 Å². The van der Waals surface area contributed by atoms with Gasteiger partial charge in [0.25, 0.3) is 0 Å². The third-order valence-electron chi connectivity index (χ3n) is 3.27. The number of halogens is 1. The fourth-order valence-electron chi connectivity index (χ4n) is 2.24. The SMILES string of the molecule is CC(=O)Nc1cc(N2CC(CBr)CC2=O)ccc1C. The number of aryl methyl sites for hydroxylation is 1. The number of benzene rings is 1. The second kappa shape index (κ2) is 5.74. The molecule has 1 fully saturated rings. The van der Waals surface area contributed by atoms with Gasteiger partial charge in [0, 0.05) is 36.6 Å². The zero-order valence-corrected chi connectivity index (χ0v) is 12.7. The first-order valence-electron chi connectivity index (χ1n) is 6.26. The zero-order chi connectivity index (χ0) is 14.0. The fourth-order valence-corrected chi connectivity index (χ4v) is 2.67. The van der Waals surface area contributed by atoms with E-state index in [0.717, 1.165) is 28.8 Å². The van der Waals surface area contributed by atoms with Crippen molar-refractivity contribution < 1.29 is 9.59 Å². The molecule has 0 bridgehead atoms. The van der Waals surface area contributed by atoms with E-state index in [1.807, 2.05) is 25.1 Å². The maximum atomic E-state index is 12.0. The lowest BCUT2D eigenvalue weighted by Crippen LogP contribution is -2.24. The molecule has 1 unspecified atom stereocenters. The van der Waals surface area contributed by atoms with E-state index in [1.54, 1.807) is 4.90 Å². The molecule has 0 spiro atoms. The standard InChI is InChI=1S/C14H17BrN2O2/c1-9-3-4-12(6-13(9)16-10(2)18)17-8-11(7-15)5-14(17)19/h3-4,6,11H,5,7-8H2,1-2H3,(H,16,18). The summed E-state index contributed by atoms with van der Waals surface area (Å²) < 4.78 is 0. The Balaban J connectivity index is 2.26. The topological polar surface area (TPSA) is 49.4 Å². The molecule has 102 valence electrons. The van der Waals surface area contributed by atoms with E-state index in [4.69, 9.17) is 0 Å². The summed E-state index contributed by atoms with van der Waals surface area (Å²) in [6.45, 7) is 4.14. The van der Waals surface area contributed by atoms with Gasteiger partial charge in [0.2, 0.25) is 11.8 Å². The highest BCUT2D eigenvalue weighted by atomic mass is 79.9. The van der Waals surface area contributed by atoms with Crippen molar-refractivity contribution in [3.05, 3.63) is 23.8 Å². The van der Waals surface area contributed by atoms with Crippen LogP contribution in [0.25, 0.3) is 0 Å². The Bertz CT molecular complexity index is 516. The molecule has 19 heavy (non-hydrogen) atoms. The summed E-state index contributed by atoms with van der Waals surface area (Å²) in [7, 11) is 0. The predicted molar refractivity (Wildman–Crippen MR) is 79.7 cm³/mol. The molecule has 1 aliphatic heterocycles. The van der Waals surface area contributed by atoms with E-state index in [2.05, 4.69) is 21.2 Å². The number of nitrogens with one attached hydrogen (secondary N) is 1. The number of rotatable bonds is 3. The molecule has 0 aliphatic carbocycles. The average Bonchev–Trinajstić information content (AvgIpc) is 2.73. The molecule has 1 saturated heterocycles. The minimum Gasteiger partial charge on any atom is -0.326 e. The minimum atomic E-state index is -0.105. The molecule has 1 atom stereocenters. The van der Waals surface area contributed by atoms with Gasteiger partial charge >= 0.3 is 0 Å². The van der Waals surface area contributed by atoms with E-state index in [-0.39, 0.29) is 11.8 Å². The van der Waals surface area contributed by atoms with Gasteiger partial charge in [0.05, 0.1) is 0 Å². The number of hydrogen-bond donors (Lipinski definition) is 1. The number of hydrogen-bond acceptors (Lipinski definition) is 2. The number of carbonyl (C=O) groups excluding carboxylic acids is 2. The van der Waals surface area contributed by atoms with Crippen LogP contribution in [-0.2, 0) is 9.59 Å². The van der Waals surface area contributed by atoms with Crippen molar-refractivity contribution in [2.75, 3.05) is 22.1 Å². The number of carbonyl (C=O) groups is 2. The van der Waals surface area contributed by atoms with Crippen LogP contribution in [0.3, 0.4) is 0 Å². The van der Waals surface area contributed by atoms with Crippen molar-refractivity contribution in [3.8, 4) is 0 Å². The van der Waals surface area contributed by atoms with Gasteiger partial charge in [-0.25, -0.2) is 0 Å². The van der Waals surface area contributed by atoms with Gasteiger partial charge in [-0.1, -0.05) is 22.0 Å². The maximum Gasteiger partial charge on any atom is 0.227 e. The number of amides is 2. The summed E-state index contributed by atoms with van der Waals surface area (Å²) in [4.78, 5) is 24.9. The fraction of sp³-hybridized carbons (Fsp3) is 0.429. The summed E-state index contributed by atoms with van der Waals surface area (Å²) in [5, 5.41) is 3.62. The smallest absolute Gasteiger partial charge is 0.227 e. The largest absolute Gasteiger partial charge is 0.326 e. The first-order valence-corrected chi connectivity index (χ1v) is 7.38. The van der Waals surface area contributed by atoms with Gasteiger partial charge < -0.3 is 10.2 Å². The molecule has 1 aliphatic rings. The molecule has 2 rings (SSSR count). The predicted octanol–water partition coefficient (Wildman–Crippen LogP) is 2.70. The van der Waals surface area contributed by atoms with Crippen molar-refractivity contribution in [1.29, 1.82) is 0 Å². The van der Waals surface area contributed by atoms with Crippen LogP contribution in [-0.4, -0.2) is 23.7 Å². The normalized spacial score (nSPS) is 18.8. The molecular formula is C14H17BrN2O2. The Hall–Kier alpha value is -1.36. The molecule has 5 heteroatoms. The Morgan fingerprint density at radius 3 is 2.84 bits per heavy atom. The van der Waals surface area contributed by atoms with E-state index in [1.165, 1.54) is 6.92 Å². The summed E-state index contributed by atoms with van der Waals surface area (Å²) >= 11 is 3.43. The van der Waals surface area contributed by atoms with Crippen LogP contribution in [0, 0.1) is 12.8 Å². The van der Waals surface area contributed by atoms with Crippen LogP contribution in [0.1, 0.15) is 18.9 Å². The Morgan fingerprint density at radius 1 is 1.53 bits per heavy atom. The molecule has 2 amide bonds. The quantitative estimate of drug-likeness (QED) is 0.869. The van der Waals surface area contributed by atoms with E-state index in [9.17, 15) is 9.59 Å². The first kappa shape index (κ1) is 14.1. The highest BCUT2D eigenvalue weighted by Crippen LogP contribution is 2.29. The Labute approximate surface area is 121 Å². The zero-order valence-electron chi connectivity index (χ0n) is 11.1. The van der Waals surface area contributed by atoms with Gasteiger partial charge in [-0.2, -0.15) is 0 Å². The second-order valence-electron chi connectivity index (χ2n) is 4.91. The molecule has 0 radical (unpaired) electrons. The average molecular weight is 325 g/mol. The molecule has 4 nitrogen and oxygen atoms in total. The summed E-state index contributed by atoms with van der Waals surface area (Å²) in [5.74, 6) is 0.395. The number of nitrogens with zero attached hydrogens (tertiary/aromatic N) is 1. The summed E-state index contributed by atoms with van der Waals surface area (Å²) in [6, 6.07) is 5.72. The van der Waals surface area contributed by atoms with Crippen molar-refractivity contribution in [3.63, 3.8) is 0 Å². The van der Waals surface area contributed by atoms with Crippen LogP contribution in [0.4, 0.5) is 11.4 Å². The first-order chi connectivity index (χ1) is 9.01. The van der Waals surface area contributed by atoms with Crippen molar-refractivity contribution in [2.45, 2.75) is 20.3 Å². The lowest BCUT2D eigenvalue weighted by Gasteiger charge is -2.18. The summed E-state index contributed by atoms with van der Waals surface area (Å²) in [6.07, 6.45) is 0.578. The van der Waals surface area contributed by atoms with Crippen molar-refractivity contribution in [2.24, 2.45) is 5.92 Å². The monoisotopic (exact) mass is 324 g/mol. The highest BCUT2D eigenvalue weighted by molar-refractivity contribution is 9.09. The Morgan fingerprint density at radius 2 is 2.26 bits per heavy atom. The van der Waals surface area contributed by atoms with Gasteiger partial charge in [-0.05, 0) is 30.5 Å². The van der Waals surface area contributed by atoms with Crippen LogP contribution in [0.2, 0.25) is 0 Å². The highest BCUT2D eigenvalue weighted by Gasteiger charge is 2.29. The van der Waals surface area contributed by atoms with Crippen LogP contribution in [0.5, 0.6) is 0 Å². The van der Waals surface area contributed by atoms with Gasteiger partial charge in [0.1, 0.15) is 0 Å². The molecule has 0 aromatic heterocycles. The lowest BCUT2D eigenvalue weighted by atomic mass is 10.1. The Kier molecular flexibility index (Phi) is 4.24. The molecule has 1 aromatic carbocycles. The van der Waals surface area contributed by atoms with Crippen molar-refractivity contribution in [1.82, 2.24) is 0 Å². The van der Waals surface area contributed by atoms with Crippen LogP contribution in [0.15, 0.2) is 18.2 Å². The third-order valence-corrected chi connectivity index (χ3v) is 4.18.